The zero-order chi connectivity index (χ0) is 5.82. The molecule has 0 unspecified atom stereocenters. The number of anilines is 1. The van der Waals surface area contributed by atoms with E-state index in [1.165, 1.54) is 11.7 Å². The number of nitrogens with zero attached hydrogens (tertiary/aromatic N) is 4. The molecular weight excluding hydrogens is 110 g/mol. The van der Waals surface area contributed by atoms with Crippen LogP contribution in [-0.2, 0) is 5.21 Å². The molecule has 1 radical (unpaired) electrons. The smallest absolute Gasteiger partial charge is 0.197 e. The van der Waals surface area contributed by atoms with E-state index in [1.54, 1.807) is 0 Å². The Morgan fingerprint density at radius 2 is 2.38 bits per heavy atom. The van der Waals surface area contributed by atoms with Gasteiger partial charge in [0.25, 0.3) is 0 Å². The van der Waals surface area contributed by atoms with Crippen LogP contribution < -0.4 is 5.48 Å². The third-order valence-corrected chi connectivity index (χ3v) is 0.529. The van der Waals surface area contributed by atoms with E-state index in [0.717, 1.165) is 0 Å². The van der Waals surface area contributed by atoms with E-state index >= 15 is 0 Å². The van der Waals surface area contributed by atoms with Crippen molar-refractivity contribution in [2.45, 2.75) is 0 Å². The van der Waals surface area contributed by atoms with Crippen LogP contribution in [0, 0.1) is 0 Å². The number of rotatable bonds is 1. The second-order valence-electron chi connectivity index (χ2n) is 1.01. The minimum absolute atomic E-state index is 0.0694. The van der Waals surface area contributed by atoms with E-state index in [0.29, 0.717) is 0 Å². The van der Waals surface area contributed by atoms with Gasteiger partial charge in [-0.05, 0) is 10.4 Å². The molecule has 0 atom stereocenters. The molecule has 0 saturated carbocycles. The third-order valence-electron chi connectivity index (χ3n) is 0.529. The first-order valence-corrected chi connectivity index (χ1v) is 1.82. The van der Waals surface area contributed by atoms with Crippen molar-refractivity contribution < 1.29 is 5.21 Å². The molecule has 0 aliphatic carbocycles. The highest BCUT2D eigenvalue weighted by atomic mass is 16.5. The highest BCUT2D eigenvalue weighted by molar-refractivity contribution is 5.22. The zero-order valence-electron chi connectivity index (χ0n) is 3.77. The quantitative estimate of drug-likeness (QED) is 0.472. The van der Waals surface area contributed by atoms with Crippen LogP contribution in [0.5, 0.6) is 0 Å². The summed E-state index contributed by atoms with van der Waals surface area (Å²) in [7, 11) is 0. The minimum Gasteiger partial charge on any atom is -0.212 e. The average Bonchev–Trinajstić information content (AvgIpc) is 1.90. The van der Waals surface area contributed by atoms with Crippen LogP contribution in [0.3, 0.4) is 0 Å². The summed E-state index contributed by atoms with van der Waals surface area (Å²) in [6.45, 7) is 0. The second kappa shape index (κ2) is 2.12. The fraction of sp³-hybridized carbons (Fsp3) is 0. The van der Waals surface area contributed by atoms with E-state index < -0.39 is 0 Å². The zero-order valence-corrected chi connectivity index (χ0v) is 3.77. The molecule has 1 N–H and O–H groups in total. The van der Waals surface area contributed by atoms with Crippen LogP contribution in [0.4, 0.5) is 5.82 Å². The molecule has 1 aromatic rings. The van der Waals surface area contributed by atoms with E-state index in [-0.39, 0.29) is 5.82 Å². The Hall–Kier alpha value is -1.30. The lowest BCUT2D eigenvalue weighted by Gasteiger charge is -1.85. The molecule has 0 aliphatic heterocycles. The van der Waals surface area contributed by atoms with Crippen molar-refractivity contribution in [1.29, 1.82) is 0 Å². The minimum atomic E-state index is 0.0694. The first-order valence-electron chi connectivity index (χ1n) is 1.82. The number of aromatic nitrogens is 4. The summed E-state index contributed by atoms with van der Waals surface area (Å²) in [5, 5.41) is 22.4. The normalized spacial score (nSPS) is 8.62. The van der Waals surface area contributed by atoms with Gasteiger partial charge >= 0.3 is 0 Å². The Kier molecular flexibility index (Phi) is 1.29. The molecule has 1 aromatic heterocycles. The molecule has 1 heterocycles. The largest absolute Gasteiger partial charge is 0.212 e. The standard InChI is InChI=1S/C2H2N5O/c8-5-2-1-3-6-7-4-2/h1H,(H,4,5,6). The molecule has 0 aliphatic rings. The Labute approximate surface area is 44.5 Å². The topological polar surface area (TPSA) is 83.5 Å². The van der Waals surface area contributed by atoms with Crippen LogP contribution in [0.1, 0.15) is 0 Å². The molecule has 6 heteroatoms. The predicted molar refractivity (Wildman–Crippen MR) is 21.9 cm³/mol. The second-order valence-corrected chi connectivity index (χ2v) is 1.01. The molecule has 0 fully saturated rings. The summed E-state index contributed by atoms with van der Waals surface area (Å²) in [5.41, 5.74) is 1.50. The van der Waals surface area contributed by atoms with Gasteiger partial charge < -0.3 is 0 Å². The number of nitrogens with one attached hydrogen (secondary N) is 1. The average molecular weight is 112 g/mol. The Bertz CT molecular complexity index is 152. The Morgan fingerprint density at radius 1 is 1.50 bits per heavy atom. The van der Waals surface area contributed by atoms with Gasteiger partial charge in [-0.15, -0.1) is 10.2 Å². The maximum atomic E-state index is 9.71. The van der Waals surface area contributed by atoms with Crippen molar-refractivity contribution in [2.24, 2.45) is 0 Å². The van der Waals surface area contributed by atoms with E-state index in [9.17, 15) is 5.21 Å². The first kappa shape index (κ1) is 4.85. The van der Waals surface area contributed by atoms with Crippen molar-refractivity contribution >= 4 is 5.82 Å². The maximum absolute atomic E-state index is 9.71. The lowest BCUT2D eigenvalue weighted by Crippen LogP contribution is -1.96. The molecular formula is C2H2N5O. The monoisotopic (exact) mass is 112 g/mol. The van der Waals surface area contributed by atoms with Crippen LogP contribution in [-0.4, -0.2) is 20.6 Å². The van der Waals surface area contributed by atoms with Gasteiger partial charge in [0.2, 0.25) is 0 Å². The lowest BCUT2D eigenvalue weighted by atomic mass is 10.8. The fourth-order valence-corrected chi connectivity index (χ4v) is 0.244. The molecule has 0 aromatic carbocycles. The summed E-state index contributed by atoms with van der Waals surface area (Å²) in [4.78, 5) is 0. The number of hydrogen-bond donors (Lipinski definition) is 1. The van der Waals surface area contributed by atoms with Gasteiger partial charge in [-0.3, -0.25) is 0 Å². The fourth-order valence-electron chi connectivity index (χ4n) is 0.244. The summed E-state index contributed by atoms with van der Waals surface area (Å²) in [5.74, 6) is 0.0694. The highest BCUT2D eigenvalue weighted by Gasteiger charge is 1.86. The highest BCUT2D eigenvalue weighted by Crippen LogP contribution is 1.88. The van der Waals surface area contributed by atoms with Crippen LogP contribution in [0.2, 0.25) is 0 Å². The van der Waals surface area contributed by atoms with Gasteiger partial charge in [0, 0.05) is 0 Å². The molecule has 6 nitrogen and oxygen atoms in total. The van der Waals surface area contributed by atoms with Gasteiger partial charge in [0.05, 0.1) is 6.20 Å². The van der Waals surface area contributed by atoms with E-state index in [1.807, 2.05) is 0 Å². The van der Waals surface area contributed by atoms with Crippen LogP contribution in [0.15, 0.2) is 6.20 Å². The van der Waals surface area contributed by atoms with Crippen molar-refractivity contribution in [1.82, 2.24) is 20.6 Å². The molecule has 1 rings (SSSR count). The van der Waals surface area contributed by atoms with Gasteiger partial charge in [-0.1, -0.05) is 5.21 Å². The maximum Gasteiger partial charge on any atom is 0.197 e. The first-order chi connectivity index (χ1) is 3.93. The van der Waals surface area contributed by atoms with Gasteiger partial charge in [-0.2, -0.15) is 0 Å². The van der Waals surface area contributed by atoms with Crippen LogP contribution in [0.25, 0.3) is 0 Å². The van der Waals surface area contributed by atoms with E-state index in [4.69, 9.17) is 0 Å². The molecule has 0 bridgehead atoms. The molecule has 0 spiro atoms. The summed E-state index contributed by atoms with van der Waals surface area (Å²) in [6.07, 6.45) is 1.18. The van der Waals surface area contributed by atoms with Crippen molar-refractivity contribution in [3.63, 3.8) is 0 Å². The van der Waals surface area contributed by atoms with Crippen molar-refractivity contribution in [3.05, 3.63) is 6.20 Å². The SMILES string of the molecule is [O]Nc1cnnnn1. The summed E-state index contributed by atoms with van der Waals surface area (Å²) < 4.78 is 0. The lowest BCUT2D eigenvalue weighted by molar-refractivity contribution is 0.271. The number of hydrogen-bond acceptors (Lipinski definition) is 5. The molecule has 0 amide bonds. The predicted octanol–water partition coefficient (Wildman–Crippen LogP) is -0.976. The summed E-state index contributed by atoms with van der Waals surface area (Å²) in [6, 6.07) is 0. The molecule has 0 saturated heterocycles. The summed E-state index contributed by atoms with van der Waals surface area (Å²) >= 11 is 0. The molecule has 8 heavy (non-hydrogen) atoms. The van der Waals surface area contributed by atoms with E-state index in [2.05, 4.69) is 20.6 Å². The van der Waals surface area contributed by atoms with Gasteiger partial charge in [0.15, 0.2) is 5.82 Å². The van der Waals surface area contributed by atoms with Crippen molar-refractivity contribution in [3.8, 4) is 0 Å². The Morgan fingerprint density at radius 3 is 2.75 bits per heavy atom. The van der Waals surface area contributed by atoms with Gasteiger partial charge in [0.1, 0.15) is 0 Å². The van der Waals surface area contributed by atoms with Crippen LogP contribution >= 0.6 is 0 Å². The van der Waals surface area contributed by atoms with Gasteiger partial charge in [-0.25, -0.2) is 5.48 Å². The Balaban J connectivity index is 2.83. The third kappa shape index (κ3) is 0.850. The molecule has 41 valence electrons. The van der Waals surface area contributed by atoms with Crippen molar-refractivity contribution in [2.75, 3.05) is 5.48 Å².